The molecular weight excluding hydrogens is 259 g/mol. The van der Waals surface area contributed by atoms with E-state index < -0.39 is 0 Å². The summed E-state index contributed by atoms with van der Waals surface area (Å²) in [7, 11) is 0. The van der Waals surface area contributed by atoms with Crippen molar-refractivity contribution in [2.45, 2.75) is 38.1 Å². The van der Waals surface area contributed by atoms with Gasteiger partial charge < -0.3 is 5.73 Å². The van der Waals surface area contributed by atoms with Gasteiger partial charge in [0.1, 0.15) is 10.8 Å². The average Bonchev–Trinajstić information content (AvgIpc) is 3.02. The van der Waals surface area contributed by atoms with Crippen LogP contribution < -0.4 is 5.73 Å². The van der Waals surface area contributed by atoms with Crippen LogP contribution in [0.15, 0.2) is 23.6 Å². The molecule has 2 aromatic rings. The lowest BCUT2D eigenvalue weighted by Crippen LogP contribution is -2.32. The standard InChI is InChI=1S/C15H17FN2S/c1-10-4-5-11(8-12(10)16)13-9-19-14(18-13)15(17)6-2-3-7-15/h4-5,8-9H,2-3,6-7,17H2,1H3. The van der Waals surface area contributed by atoms with Gasteiger partial charge in [0, 0.05) is 10.9 Å². The predicted molar refractivity (Wildman–Crippen MR) is 76.6 cm³/mol. The normalized spacial score (nSPS) is 17.8. The molecule has 2 N–H and O–H groups in total. The molecule has 0 spiro atoms. The van der Waals surface area contributed by atoms with Crippen LogP contribution in [0.4, 0.5) is 4.39 Å². The van der Waals surface area contributed by atoms with Crippen molar-refractivity contribution < 1.29 is 4.39 Å². The third-order valence-corrected chi connectivity index (χ3v) is 4.96. The number of rotatable bonds is 2. The number of aryl methyl sites for hydroxylation is 1. The molecule has 0 aliphatic heterocycles. The van der Waals surface area contributed by atoms with Gasteiger partial charge in [0.15, 0.2) is 0 Å². The molecule has 0 saturated heterocycles. The van der Waals surface area contributed by atoms with Gasteiger partial charge >= 0.3 is 0 Å². The van der Waals surface area contributed by atoms with E-state index in [9.17, 15) is 4.39 Å². The molecule has 1 heterocycles. The van der Waals surface area contributed by atoms with Crippen molar-refractivity contribution in [3.8, 4) is 11.3 Å². The smallest absolute Gasteiger partial charge is 0.126 e. The second-order valence-corrected chi connectivity index (χ2v) is 6.22. The molecule has 0 unspecified atom stereocenters. The molecule has 0 amide bonds. The molecule has 19 heavy (non-hydrogen) atoms. The molecule has 4 heteroatoms. The maximum absolute atomic E-state index is 13.6. The Morgan fingerprint density at radius 1 is 1.32 bits per heavy atom. The minimum absolute atomic E-state index is 0.185. The zero-order valence-electron chi connectivity index (χ0n) is 10.9. The largest absolute Gasteiger partial charge is 0.319 e. The van der Waals surface area contributed by atoms with E-state index in [1.54, 1.807) is 30.4 Å². The van der Waals surface area contributed by atoms with Gasteiger partial charge in [0.2, 0.25) is 0 Å². The number of halogens is 1. The van der Waals surface area contributed by atoms with Crippen molar-refractivity contribution in [1.82, 2.24) is 4.98 Å². The van der Waals surface area contributed by atoms with Crippen LogP contribution in [-0.4, -0.2) is 4.98 Å². The lowest BCUT2D eigenvalue weighted by Gasteiger charge is -2.19. The maximum atomic E-state index is 13.6. The van der Waals surface area contributed by atoms with Gasteiger partial charge in [-0.05, 0) is 31.4 Å². The van der Waals surface area contributed by atoms with Crippen molar-refractivity contribution in [1.29, 1.82) is 0 Å². The molecule has 0 radical (unpaired) electrons. The molecule has 0 atom stereocenters. The van der Waals surface area contributed by atoms with Crippen LogP contribution in [0.1, 0.15) is 36.3 Å². The number of thiazole rings is 1. The number of aromatic nitrogens is 1. The zero-order valence-corrected chi connectivity index (χ0v) is 11.8. The third kappa shape index (κ3) is 2.30. The van der Waals surface area contributed by atoms with Crippen molar-refractivity contribution in [2.24, 2.45) is 5.73 Å². The summed E-state index contributed by atoms with van der Waals surface area (Å²) in [6.07, 6.45) is 4.35. The van der Waals surface area contributed by atoms with E-state index in [-0.39, 0.29) is 11.4 Å². The molecule has 1 aliphatic carbocycles. The number of nitrogens with zero attached hydrogens (tertiary/aromatic N) is 1. The highest BCUT2D eigenvalue weighted by Crippen LogP contribution is 2.39. The topological polar surface area (TPSA) is 38.9 Å². The number of nitrogens with two attached hydrogens (primary N) is 1. The molecule has 3 rings (SSSR count). The highest BCUT2D eigenvalue weighted by Gasteiger charge is 2.34. The third-order valence-electron chi connectivity index (χ3n) is 3.89. The molecule has 1 aromatic heterocycles. The summed E-state index contributed by atoms with van der Waals surface area (Å²) in [5, 5.41) is 2.97. The first-order chi connectivity index (χ1) is 9.08. The van der Waals surface area contributed by atoms with Gasteiger partial charge in [0.05, 0.1) is 11.2 Å². The second-order valence-electron chi connectivity index (χ2n) is 5.37. The second kappa shape index (κ2) is 4.69. The maximum Gasteiger partial charge on any atom is 0.126 e. The van der Waals surface area contributed by atoms with E-state index in [0.29, 0.717) is 5.56 Å². The lowest BCUT2D eigenvalue weighted by atomic mass is 10.0. The summed E-state index contributed by atoms with van der Waals surface area (Å²) in [6, 6.07) is 5.25. The van der Waals surface area contributed by atoms with Gasteiger partial charge in [-0.2, -0.15) is 0 Å². The van der Waals surface area contributed by atoms with Gasteiger partial charge in [-0.15, -0.1) is 11.3 Å². The van der Waals surface area contributed by atoms with Crippen LogP contribution in [0, 0.1) is 12.7 Å². The first-order valence-electron chi connectivity index (χ1n) is 6.60. The van der Waals surface area contributed by atoms with E-state index >= 15 is 0 Å². The Balaban J connectivity index is 1.94. The Labute approximate surface area is 116 Å². The van der Waals surface area contributed by atoms with Crippen LogP contribution in [0.25, 0.3) is 11.3 Å². The summed E-state index contributed by atoms with van der Waals surface area (Å²) in [5.41, 5.74) is 8.45. The van der Waals surface area contributed by atoms with Crippen molar-refractivity contribution in [3.05, 3.63) is 40.0 Å². The Kier molecular flexibility index (Phi) is 3.15. The number of benzene rings is 1. The van der Waals surface area contributed by atoms with Crippen LogP contribution in [0.5, 0.6) is 0 Å². The van der Waals surface area contributed by atoms with Gasteiger partial charge in [-0.1, -0.05) is 25.0 Å². The summed E-state index contributed by atoms with van der Waals surface area (Å²) in [5.74, 6) is -0.185. The van der Waals surface area contributed by atoms with Crippen LogP contribution in [-0.2, 0) is 5.54 Å². The fourth-order valence-electron chi connectivity index (χ4n) is 2.61. The van der Waals surface area contributed by atoms with E-state index in [1.165, 1.54) is 12.8 Å². The quantitative estimate of drug-likeness (QED) is 0.901. The monoisotopic (exact) mass is 276 g/mol. The van der Waals surface area contributed by atoms with Gasteiger partial charge in [-0.25, -0.2) is 9.37 Å². The van der Waals surface area contributed by atoms with Gasteiger partial charge in [-0.3, -0.25) is 0 Å². The van der Waals surface area contributed by atoms with Crippen molar-refractivity contribution >= 4 is 11.3 Å². The van der Waals surface area contributed by atoms with Crippen LogP contribution in [0.2, 0.25) is 0 Å². The van der Waals surface area contributed by atoms with E-state index in [4.69, 9.17) is 5.73 Å². The molecular formula is C15H17FN2S. The fraction of sp³-hybridized carbons (Fsp3) is 0.400. The Hall–Kier alpha value is -1.26. The zero-order chi connectivity index (χ0) is 13.5. The molecule has 1 aromatic carbocycles. The first-order valence-corrected chi connectivity index (χ1v) is 7.48. The fourth-order valence-corrected chi connectivity index (χ4v) is 3.61. The summed E-state index contributed by atoms with van der Waals surface area (Å²) >= 11 is 1.59. The Morgan fingerprint density at radius 2 is 2.05 bits per heavy atom. The molecule has 0 bridgehead atoms. The van der Waals surface area contributed by atoms with Crippen molar-refractivity contribution in [3.63, 3.8) is 0 Å². The van der Waals surface area contributed by atoms with Crippen molar-refractivity contribution in [2.75, 3.05) is 0 Å². The molecule has 1 saturated carbocycles. The SMILES string of the molecule is Cc1ccc(-c2csc(C3(N)CCCC3)n2)cc1F. The minimum Gasteiger partial charge on any atom is -0.319 e. The summed E-state index contributed by atoms with van der Waals surface area (Å²) < 4.78 is 13.6. The van der Waals surface area contributed by atoms with Gasteiger partial charge in [0.25, 0.3) is 0 Å². The average molecular weight is 276 g/mol. The number of hydrogen-bond acceptors (Lipinski definition) is 3. The number of hydrogen-bond donors (Lipinski definition) is 1. The minimum atomic E-state index is -0.258. The van der Waals surface area contributed by atoms with Crippen LogP contribution in [0.3, 0.4) is 0 Å². The highest BCUT2D eigenvalue weighted by molar-refractivity contribution is 7.10. The van der Waals surface area contributed by atoms with E-state index in [1.807, 2.05) is 11.4 Å². The molecule has 1 fully saturated rings. The summed E-state index contributed by atoms with van der Waals surface area (Å²) in [4.78, 5) is 4.63. The molecule has 2 nitrogen and oxygen atoms in total. The first kappa shape index (κ1) is 12.8. The van der Waals surface area contributed by atoms with E-state index in [2.05, 4.69) is 4.98 Å². The Morgan fingerprint density at radius 3 is 2.74 bits per heavy atom. The summed E-state index contributed by atoms with van der Waals surface area (Å²) in [6.45, 7) is 1.76. The van der Waals surface area contributed by atoms with E-state index in [0.717, 1.165) is 29.1 Å². The lowest BCUT2D eigenvalue weighted by molar-refractivity contribution is 0.459. The molecule has 1 aliphatic rings. The van der Waals surface area contributed by atoms with Crippen LogP contribution >= 0.6 is 11.3 Å². The highest BCUT2D eigenvalue weighted by atomic mass is 32.1. The Bertz CT molecular complexity index is 600. The molecule has 100 valence electrons. The predicted octanol–water partition coefficient (Wildman–Crippen LogP) is 3.99.